The van der Waals surface area contributed by atoms with E-state index in [1.165, 1.54) is 0 Å². The molecule has 2 aromatic carbocycles. The summed E-state index contributed by atoms with van der Waals surface area (Å²) < 4.78 is 5.28. The highest BCUT2D eigenvalue weighted by Crippen LogP contribution is 2.31. The number of benzene rings is 2. The van der Waals surface area contributed by atoms with Gasteiger partial charge in [0, 0.05) is 27.7 Å². The third-order valence-corrected chi connectivity index (χ3v) is 3.53. The minimum Gasteiger partial charge on any atom is -0.426 e. The van der Waals surface area contributed by atoms with Crippen LogP contribution in [0.3, 0.4) is 0 Å². The highest BCUT2D eigenvalue weighted by Gasteiger charge is 2.18. The molecular formula is C17H14Cl2N2O2. The van der Waals surface area contributed by atoms with Gasteiger partial charge in [-0.15, -0.1) is 0 Å². The lowest BCUT2D eigenvalue weighted by atomic mass is 10.1. The van der Waals surface area contributed by atoms with Crippen LogP contribution in [0.1, 0.15) is 24.9 Å². The molecular weight excluding hydrogens is 335 g/mol. The first kappa shape index (κ1) is 17.1. The Labute approximate surface area is 144 Å². The Balaban J connectivity index is 2.34. The Morgan fingerprint density at radius 3 is 2.65 bits per heavy atom. The van der Waals surface area contributed by atoms with E-state index in [-0.39, 0.29) is 12.4 Å². The first-order valence-electron chi connectivity index (χ1n) is 6.95. The van der Waals surface area contributed by atoms with Gasteiger partial charge in [0.1, 0.15) is 11.8 Å². The van der Waals surface area contributed by atoms with Crippen LogP contribution in [-0.2, 0) is 4.79 Å². The lowest BCUT2D eigenvalue weighted by Crippen LogP contribution is -2.13. The molecule has 0 amide bonds. The first-order chi connectivity index (χ1) is 11.0. The Morgan fingerprint density at radius 2 is 2.00 bits per heavy atom. The summed E-state index contributed by atoms with van der Waals surface area (Å²) in [6.45, 7) is 1.70. The van der Waals surface area contributed by atoms with Crippen LogP contribution in [0.2, 0.25) is 10.0 Å². The number of nitriles is 1. The van der Waals surface area contributed by atoms with Crippen LogP contribution in [0.25, 0.3) is 0 Å². The molecule has 0 bridgehead atoms. The van der Waals surface area contributed by atoms with E-state index in [1.54, 1.807) is 49.4 Å². The molecule has 2 aromatic rings. The molecule has 0 aliphatic carbocycles. The number of hydrogen-bond acceptors (Lipinski definition) is 4. The van der Waals surface area contributed by atoms with E-state index in [9.17, 15) is 10.1 Å². The molecule has 1 atom stereocenters. The zero-order valence-corrected chi connectivity index (χ0v) is 13.9. The largest absolute Gasteiger partial charge is 0.426 e. The van der Waals surface area contributed by atoms with Crippen LogP contribution in [0.15, 0.2) is 42.5 Å². The minimum atomic E-state index is -0.744. The van der Waals surface area contributed by atoms with E-state index in [2.05, 4.69) is 11.4 Å². The second kappa shape index (κ2) is 7.87. The van der Waals surface area contributed by atoms with Gasteiger partial charge in [-0.1, -0.05) is 36.2 Å². The lowest BCUT2D eigenvalue weighted by Gasteiger charge is -2.17. The van der Waals surface area contributed by atoms with Crippen molar-refractivity contribution >= 4 is 34.9 Å². The number of hydrogen-bond donors (Lipinski definition) is 1. The second-order valence-electron chi connectivity index (χ2n) is 4.73. The number of ether oxygens (including phenoxy) is 1. The Kier molecular flexibility index (Phi) is 5.86. The first-order valence-corrected chi connectivity index (χ1v) is 7.71. The van der Waals surface area contributed by atoms with Crippen LogP contribution in [0.4, 0.5) is 5.69 Å². The van der Waals surface area contributed by atoms with Gasteiger partial charge >= 0.3 is 5.97 Å². The van der Waals surface area contributed by atoms with Crippen molar-refractivity contribution in [3.05, 3.63) is 58.1 Å². The van der Waals surface area contributed by atoms with Crippen molar-refractivity contribution in [2.24, 2.45) is 0 Å². The monoisotopic (exact) mass is 348 g/mol. The highest BCUT2D eigenvalue weighted by molar-refractivity contribution is 6.31. The molecule has 0 saturated heterocycles. The van der Waals surface area contributed by atoms with Gasteiger partial charge in [-0.2, -0.15) is 5.26 Å². The van der Waals surface area contributed by atoms with Gasteiger partial charge in [-0.3, -0.25) is 4.79 Å². The fourth-order valence-corrected chi connectivity index (χ4v) is 2.33. The molecule has 1 unspecified atom stereocenters. The van der Waals surface area contributed by atoms with Gasteiger partial charge in [-0.25, -0.2) is 0 Å². The quantitative estimate of drug-likeness (QED) is 0.610. The smallest absolute Gasteiger partial charge is 0.310 e. The van der Waals surface area contributed by atoms with Crippen LogP contribution in [-0.4, -0.2) is 5.97 Å². The zero-order chi connectivity index (χ0) is 16.8. The lowest BCUT2D eigenvalue weighted by molar-refractivity contribution is -0.134. The average Bonchev–Trinajstić information content (AvgIpc) is 2.54. The number of carbonyl (C=O) groups is 1. The van der Waals surface area contributed by atoms with Gasteiger partial charge in [-0.05, 0) is 36.4 Å². The number of esters is 1. The van der Waals surface area contributed by atoms with E-state index < -0.39 is 6.04 Å². The van der Waals surface area contributed by atoms with Crippen LogP contribution in [0, 0.1) is 11.3 Å². The van der Waals surface area contributed by atoms with Crippen LogP contribution < -0.4 is 10.1 Å². The summed E-state index contributed by atoms with van der Waals surface area (Å²) in [7, 11) is 0. The molecule has 0 spiro atoms. The summed E-state index contributed by atoms with van der Waals surface area (Å²) in [6, 6.07) is 13.2. The molecule has 1 N–H and O–H groups in total. The van der Waals surface area contributed by atoms with Crippen molar-refractivity contribution in [1.82, 2.24) is 0 Å². The van der Waals surface area contributed by atoms with E-state index in [0.29, 0.717) is 27.0 Å². The maximum Gasteiger partial charge on any atom is 0.310 e. The summed E-state index contributed by atoms with van der Waals surface area (Å²) in [5, 5.41) is 13.5. The molecule has 0 aliphatic heterocycles. The van der Waals surface area contributed by atoms with E-state index in [4.69, 9.17) is 27.9 Å². The summed E-state index contributed by atoms with van der Waals surface area (Å²) >= 11 is 12.0. The number of nitrogens with zero attached hydrogens (tertiary/aromatic N) is 1. The normalized spacial score (nSPS) is 11.4. The Bertz CT molecular complexity index is 756. The molecule has 0 heterocycles. The summed E-state index contributed by atoms with van der Waals surface area (Å²) in [5.41, 5.74) is 1.17. The van der Waals surface area contributed by atoms with Crippen molar-refractivity contribution in [2.75, 3.05) is 5.32 Å². The van der Waals surface area contributed by atoms with Crippen LogP contribution >= 0.6 is 23.2 Å². The minimum absolute atomic E-state index is 0.237. The molecule has 23 heavy (non-hydrogen) atoms. The van der Waals surface area contributed by atoms with Crippen molar-refractivity contribution < 1.29 is 9.53 Å². The number of halogens is 2. The van der Waals surface area contributed by atoms with E-state index in [0.717, 1.165) is 0 Å². The van der Waals surface area contributed by atoms with E-state index in [1.807, 2.05) is 0 Å². The molecule has 118 valence electrons. The van der Waals surface area contributed by atoms with Gasteiger partial charge in [0.2, 0.25) is 0 Å². The van der Waals surface area contributed by atoms with Gasteiger partial charge < -0.3 is 10.1 Å². The van der Waals surface area contributed by atoms with Gasteiger partial charge in [0.25, 0.3) is 0 Å². The maximum atomic E-state index is 11.6. The summed E-state index contributed by atoms with van der Waals surface area (Å²) in [6.07, 6.45) is 0.237. The molecule has 0 radical (unpaired) electrons. The second-order valence-corrected chi connectivity index (χ2v) is 5.60. The molecule has 0 saturated carbocycles. The Hall–Kier alpha value is -2.22. The Morgan fingerprint density at radius 1 is 1.26 bits per heavy atom. The number of nitrogens with one attached hydrogen (secondary N) is 1. The average molecular weight is 349 g/mol. The predicted octanol–water partition coefficient (Wildman–Crippen LogP) is 4.99. The molecule has 2 rings (SSSR count). The third-order valence-electron chi connectivity index (χ3n) is 3.06. The van der Waals surface area contributed by atoms with Crippen molar-refractivity contribution in [3.63, 3.8) is 0 Å². The SMILES string of the molecule is CCC(=O)Oc1ccc(Cl)cc1C(C#N)Nc1cccc(Cl)c1. The molecule has 4 nitrogen and oxygen atoms in total. The summed E-state index contributed by atoms with van der Waals surface area (Å²) in [4.78, 5) is 11.6. The number of carbonyl (C=O) groups excluding carboxylic acids is 1. The van der Waals surface area contributed by atoms with Crippen molar-refractivity contribution in [3.8, 4) is 11.8 Å². The fourth-order valence-electron chi connectivity index (χ4n) is 1.96. The van der Waals surface area contributed by atoms with Crippen molar-refractivity contribution in [2.45, 2.75) is 19.4 Å². The molecule has 0 fully saturated rings. The number of rotatable bonds is 5. The topological polar surface area (TPSA) is 62.1 Å². The van der Waals surface area contributed by atoms with Crippen molar-refractivity contribution in [1.29, 1.82) is 5.26 Å². The highest BCUT2D eigenvalue weighted by atomic mass is 35.5. The molecule has 0 aliphatic rings. The van der Waals surface area contributed by atoms with Crippen LogP contribution in [0.5, 0.6) is 5.75 Å². The van der Waals surface area contributed by atoms with Gasteiger partial charge in [0.15, 0.2) is 0 Å². The standard InChI is InChI=1S/C17H14Cl2N2O2/c1-2-17(22)23-16-7-6-12(19)9-14(16)15(10-20)21-13-5-3-4-11(18)8-13/h3-9,15,21H,2H2,1H3. The van der Waals surface area contributed by atoms with Gasteiger partial charge in [0.05, 0.1) is 6.07 Å². The fraction of sp³-hybridized carbons (Fsp3) is 0.176. The number of anilines is 1. The summed E-state index contributed by atoms with van der Waals surface area (Å²) in [5.74, 6) is -0.0738. The zero-order valence-electron chi connectivity index (χ0n) is 12.3. The predicted molar refractivity (Wildman–Crippen MR) is 90.8 cm³/mol. The maximum absolute atomic E-state index is 11.6. The molecule has 0 aromatic heterocycles. The molecule has 6 heteroatoms. The van der Waals surface area contributed by atoms with E-state index >= 15 is 0 Å². The third kappa shape index (κ3) is 4.62.